The summed E-state index contributed by atoms with van der Waals surface area (Å²) in [6.07, 6.45) is 3.55. The number of fused-ring (bicyclic) bond motifs is 1. The van der Waals surface area contributed by atoms with Crippen LogP contribution < -0.4 is 0 Å². The number of rotatable bonds is 5. The number of nitrogens with zero attached hydrogens (tertiary/aromatic N) is 2. The summed E-state index contributed by atoms with van der Waals surface area (Å²) < 4.78 is 12.6. The van der Waals surface area contributed by atoms with Crippen molar-refractivity contribution in [2.45, 2.75) is 32.0 Å². The summed E-state index contributed by atoms with van der Waals surface area (Å²) in [5.41, 5.74) is 1.23. The Kier molecular flexibility index (Phi) is 4.61. The Morgan fingerprint density at radius 3 is 3.05 bits per heavy atom. The highest BCUT2D eigenvalue weighted by molar-refractivity contribution is 6.20. The maximum atomic E-state index is 11.1. The normalized spacial score (nSPS) is 18.7. The highest BCUT2D eigenvalue weighted by Crippen LogP contribution is 2.30. The summed E-state index contributed by atoms with van der Waals surface area (Å²) in [5.74, 6) is 0. The molecule has 2 heterocycles. The van der Waals surface area contributed by atoms with Crippen molar-refractivity contribution in [2.24, 2.45) is 0 Å². The van der Waals surface area contributed by atoms with E-state index >= 15 is 0 Å². The number of aromatic nitrogens is 1. The zero-order valence-corrected chi connectivity index (χ0v) is 12.8. The molecule has 1 saturated heterocycles. The zero-order chi connectivity index (χ0) is 15.5. The molecule has 1 fully saturated rings. The average molecular weight is 325 g/mol. The van der Waals surface area contributed by atoms with Crippen LogP contribution in [0.3, 0.4) is 0 Å². The van der Waals surface area contributed by atoms with Crippen molar-refractivity contribution in [1.29, 1.82) is 0 Å². The number of ether oxygens (including phenoxy) is 2. The molecule has 1 aromatic carbocycles. The van der Waals surface area contributed by atoms with Gasteiger partial charge in [0.2, 0.25) is 0 Å². The first-order valence-electron chi connectivity index (χ1n) is 7.34. The fourth-order valence-electron chi connectivity index (χ4n) is 2.71. The van der Waals surface area contributed by atoms with Gasteiger partial charge < -0.3 is 9.47 Å². The molecule has 0 bridgehead atoms. The van der Waals surface area contributed by atoms with E-state index < -0.39 is 4.92 Å². The van der Waals surface area contributed by atoms with Crippen LogP contribution in [0.1, 0.15) is 25.0 Å². The molecule has 1 aliphatic rings. The smallest absolute Gasteiger partial charge is 0.294 e. The number of nitro groups is 1. The van der Waals surface area contributed by atoms with Crippen LogP contribution in [-0.2, 0) is 15.9 Å². The zero-order valence-electron chi connectivity index (χ0n) is 12.0. The van der Waals surface area contributed by atoms with Gasteiger partial charge in [0.05, 0.1) is 11.5 Å². The second kappa shape index (κ2) is 6.64. The summed E-state index contributed by atoms with van der Waals surface area (Å²) in [4.78, 5) is 10.7. The predicted molar refractivity (Wildman–Crippen MR) is 83.1 cm³/mol. The van der Waals surface area contributed by atoms with Gasteiger partial charge in [0.1, 0.15) is 5.52 Å². The molecule has 0 N–H and O–H groups in total. The lowest BCUT2D eigenvalue weighted by molar-refractivity contribution is -0.383. The largest absolute Gasteiger partial charge is 0.353 e. The molecule has 1 unspecified atom stereocenters. The third-order valence-electron chi connectivity index (χ3n) is 3.81. The van der Waals surface area contributed by atoms with Crippen LogP contribution in [0.2, 0.25) is 0 Å². The number of para-hydroxylation sites is 1. The molecule has 2 aromatic rings. The number of benzene rings is 1. The number of hydrogen-bond acceptors (Lipinski definition) is 4. The Bertz CT molecular complexity index is 679. The first-order chi connectivity index (χ1) is 10.7. The van der Waals surface area contributed by atoms with Crippen LogP contribution in [0.25, 0.3) is 10.9 Å². The van der Waals surface area contributed by atoms with Crippen LogP contribution in [0.4, 0.5) is 5.69 Å². The Morgan fingerprint density at radius 1 is 1.45 bits per heavy atom. The fraction of sp³-hybridized carbons (Fsp3) is 0.467. The lowest BCUT2D eigenvalue weighted by Crippen LogP contribution is -2.23. The lowest BCUT2D eigenvalue weighted by atomic mass is 10.2. The third kappa shape index (κ3) is 3.09. The van der Waals surface area contributed by atoms with Gasteiger partial charge in [0.25, 0.3) is 5.69 Å². The van der Waals surface area contributed by atoms with E-state index in [0.717, 1.165) is 36.9 Å². The fourth-order valence-corrected chi connectivity index (χ4v) is 3.03. The van der Waals surface area contributed by atoms with E-state index in [4.69, 9.17) is 21.3 Å². The Balaban J connectivity index is 1.72. The highest BCUT2D eigenvalue weighted by Gasteiger charge is 2.19. The van der Waals surface area contributed by atoms with Crippen molar-refractivity contribution in [1.82, 2.24) is 4.09 Å². The summed E-state index contributed by atoms with van der Waals surface area (Å²) in [6, 6.07) is 6.79. The highest BCUT2D eigenvalue weighted by atomic mass is 35.5. The van der Waals surface area contributed by atoms with Crippen LogP contribution >= 0.6 is 11.8 Å². The summed E-state index contributed by atoms with van der Waals surface area (Å²) in [6.45, 7) is 1.22. The van der Waals surface area contributed by atoms with Gasteiger partial charge in [-0.15, -0.1) is 0 Å². The van der Waals surface area contributed by atoms with Gasteiger partial charge >= 0.3 is 0 Å². The number of nitro benzene ring substituents is 1. The van der Waals surface area contributed by atoms with Gasteiger partial charge in [-0.05, 0) is 25.3 Å². The van der Waals surface area contributed by atoms with E-state index in [0.29, 0.717) is 18.5 Å². The second-order valence-electron chi connectivity index (χ2n) is 5.31. The minimum Gasteiger partial charge on any atom is -0.353 e. The Labute approximate surface area is 132 Å². The van der Waals surface area contributed by atoms with Crippen LogP contribution in [0.15, 0.2) is 24.3 Å². The van der Waals surface area contributed by atoms with Gasteiger partial charge in [-0.3, -0.25) is 14.2 Å². The molecule has 0 aliphatic carbocycles. The minimum absolute atomic E-state index is 0.00952. The average Bonchev–Trinajstić information content (AvgIpc) is 2.85. The van der Waals surface area contributed by atoms with Gasteiger partial charge in [0, 0.05) is 42.0 Å². The van der Waals surface area contributed by atoms with E-state index in [1.807, 2.05) is 12.1 Å². The Morgan fingerprint density at radius 2 is 2.32 bits per heavy atom. The van der Waals surface area contributed by atoms with Crippen molar-refractivity contribution < 1.29 is 14.4 Å². The molecule has 1 aliphatic heterocycles. The lowest BCUT2D eigenvalue weighted by Gasteiger charge is -2.22. The van der Waals surface area contributed by atoms with Gasteiger partial charge in [0.15, 0.2) is 6.29 Å². The molecule has 0 spiro atoms. The van der Waals surface area contributed by atoms with E-state index in [1.165, 1.54) is 10.2 Å². The molecular weight excluding hydrogens is 308 g/mol. The van der Waals surface area contributed by atoms with E-state index in [-0.39, 0.29) is 12.0 Å². The molecule has 22 heavy (non-hydrogen) atoms. The number of halogens is 1. The van der Waals surface area contributed by atoms with Crippen molar-refractivity contribution >= 4 is 28.4 Å². The molecule has 6 nitrogen and oxygen atoms in total. The van der Waals surface area contributed by atoms with Gasteiger partial charge in [-0.1, -0.05) is 12.1 Å². The SMILES string of the molecule is O=[N+]([O-])c1cccc2cc(CCOC3CCCCO3)n(Cl)c12. The first-order valence-corrected chi connectivity index (χ1v) is 7.67. The molecule has 0 radical (unpaired) electrons. The standard InChI is InChI=1S/C15H17ClN2O4/c16-17-12(7-9-22-14-6-1-2-8-21-14)10-11-4-3-5-13(15(11)17)18(19)20/h3-5,10,14H,1-2,6-9H2. The topological polar surface area (TPSA) is 66.5 Å². The summed E-state index contributed by atoms with van der Waals surface area (Å²) in [7, 11) is 0. The first kappa shape index (κ1) is 15.3. The van der Waals surface area contributed by atoms with E-state index in [9.17, 15) is 10.1 Å². The maximum absolute atomic E-state index is 11.1. The molecule has 0 saturated carbocycles. The second-order valence-corrected chi connectivity index (χ2v) is 5.64. The number of non-ortho nitro benzene ring substituents is 1. The molecule has 1 atom stereocenters. The maximum Gasteiger partial charge on any atom is 0.294 e. The number of hydrogen-bond donors (Lipinski definition) is 0. The van der Waals surface area contributed by atoms with Crippen molar-refractivity contribution in [3.63, 3.8) is 0 Å². The Hall–Kier alpha value is -1.63. The van der Waals surface area contributed by atoms with Crippen LogP contribution in [0.5, 0.6) is 0 Å². The quantitative estimate of drug-likeness (QED) is 0.622. The molecular formula is C15H17ClN2O4. The van der Waals surface area contributed by atoms with Crippen LogP contribution in [0, 0.1) is 10.1 Å². The van der Waals surface area contributed by atoms with E-state index in [1.54, 1.807) is 6.07 Å². The van der Waals surface area contributed by atoms with E-state index in [2.05, 4.69) is 0 Å². The summed E-state index contributed by atoms with van der Waals surface area (Å²) >= 11 is 6.25. The van der Waals surface area contributed by atoms with Gasteiger partial charge in [-0.25, -0.2) is 0 Å². The molecule has 7 heteroatoms. The van der Waals surface area contributed by atoms with Crippen molar-refractivity contribution in [2.75, 3.05) is 13.2 Å². The predicted octanol–water partition coefficient (Wildman–Crippen LogP) is 3.64. The van der Waals surface area contributed by atoms with Crippen molar-refractivity contribution in [3.05, 3.63) is 40.1 Å². The molecule has 118 valence electrons. The minimum atomic E-state index is -0.419. The molecule has 0 amide bonds. The third-order valence-corrected chi connectivity index (χ3v) is 4.20. The van der Waals surface area contributed by atoms with Gasteiger partial charge in [-0.2, -0.15) is 0 Å². The summed E-state index contributed by atoms with van der Waals surface area (Å²) in [5, 5.41) is 11.8. The van der Waals surface area contributed by atoms with Crippen molar-refractivity contribution in [3.8, 4) is 0 Å². The monoisotopic (exact) mass is 324 g/mol. The molecule has 1 aromatic heterocycles. The van der Waals surface area contributed by atoms with Crippen LogP contribution in [-0.4, -0.2) is 28.5 Å². The molecule has 3 rings (SSSR count).